The van der Waals surface area contributed by atoms with E-state index in [9.17, 15) is 14.4 Å². The number of aryl methyl sites for hydroxylation is 1. The van der Waals surface area contributed by atoms with Crippen LogP contribution in [0.25, 0.3) is 0 Å². The molecule has 0 saturated carbocycles. The van der Waals surface area contributed by atoms with E-state index in [1.807, 2.05) is 18.1 Å². The molecule has 0 spiro atoms. The minimum Gasteiger partial charge on any atom is -0.341 e. The number of nitrogens with one attached hydrogen (secondary N) is 2. The first kappa shape index (κ1) is 24.4. The highest BCUT2D eigenvalue weighted by molar-refractivity contribution is 7.98. The van der Waals surface area contributed by atoms with Gasteiger partial charge in [-0.3, -0.25) is 9.36 Å². The third-order valence-electron chi connectivity index (χ3n) is 6.31. The molecule has 1 fully saturated rings. The number of thioether (sulfide) groups is 1. The number of likely N-dealkylation sites (tertiary alicyclic amines) is 1. The molecule has 4 rings (SSSR count). The van der Waals surface area contributed by atoms with Crippen molar-refractivity contribution in [2.24, 2.45) is 0 Å². The lowest BCUT2D eigenvalue weighted by Crippen LogP contribution is -2.54. The predicted molar refractivity (Wildman–Crippen MR) is 133 cm³/mol. The van der Waals surface area contributed by atoms with Gasteiger partial charge in [0.2, 0.25) is 5.91 Å². The Balaban J connectivity index is 1.33. The predicted octanol–water partition coefficient (Wildman–Crippen LogP) is 3.56. The van der Waals surface area contributed by atoms with Crippen molar-refractivity contribution < 1.29 is 14.4 Å². The van der Waals surface area contributed by atoms with Crippen LogP contribution < -0.4 is 10.6 Å². The summed E-state index contributed by atoms with van der Waals surface area (Å²) in [4.78, 5) is 46.5. The summed E-state index contributed by atoms with van der Waals surface area (Å²) in [5.41, 5.74) is 1.51. The Labute approximate surface area is 208 Å². The monoisotopic (exact) mass is 504 g/mol. The van der Waals surface area contributed by atoms with Crippen molar-refractivity contribution in [3.05, 3.63) is 47.0 Å². The highest BCUT2D eigenvalue weighted by atomic mass is 35.5. The van der Waals surface area contributed by atoms with Gasteiger partial charge in [0.1, 0.15) is 11.9 Å². The largest absolute Gasteiger partial charge is 0.341 e. The third-order valence-corrected chi connectivity index (χ3v) is 7.21. The lowest BCUT2D eigenvalue weighted by Gasteiger charge is -2.37. The van der Waals surface area contributed by atoms with Crippen LogP contribution in [0.5, 0.6) is 0 Å². The number of fused-ring (bicyclic) bond motifs is 1. The number of benzene rings is 1. The van der Waals surface area contributed by atoms with Gasteiger partial charge in [-0.25, -0.2) is 14.6 Å². The van der Waals surface area contributed by atoms with E-state index in [-0.39, 0.29) is 18.0 Å². The van der Waals surface area contributed by atoms with Gasteiger partial charge in [-0.15, -0.1) is 0 Å². The average molecular weight is 505 g/mol. The molecular weight excluding hydrogens is 476 g/mol. The van der Waals surface area contributed by atoms with Gasteiger partial charge in [0, 0.05) is 29.8 Å². The molecule has 11 heteroatoms. The van der Waals surface area contributed by atoms with Gasteiger partial charge in [-0.05, 0) is 62.5 Å². The van der Waals surface area contributed by atoms with Crippen LogP contribution in [-0.2, 0) is 11.3 Å². The molecule has 3 heterocycles. The molecule has 0 radical (unpaired) electrons. The minimum atomic E-state index is -0.612. The highest BCUT2D eigenvalue weighted by Gasteiger charge is 2.37. The Hall–Kier alpha value is -2.72. The van der Waals surface area contributed by atoms with Crippen LogP contribution in [0.2, 0.25) is 5.02 Å². The van der Waals surface area contributed by atoms with E-state index < -0.39 is 12.1 Å². The molecule has 1 saturated heterocycles. The number of carbonyl (C=O) groups is 3. The molecule has 1 aromatic carbocycles. The molecule has 182 valence electrons. The molecule has 2 aliphatic heterocycles. The number of hydrogen-bond acceptors (Lipinski definition) is 5. The van der Waals surface area contributed by atoms with Crippen LogP contribution in [-0.4, -0.2) is 74.5 Å². The minimum absolute atomic E-state index is 0.0341. The Morgan fingerprint density at radius 1 is 1.24 bits per heavy atom. The van der Waals surface area contributed by atoms with E-state index in [2.05, 4.69) is 15.6 Å². The van der Waals surface area contributed by atoms with Gasteiger partial charge in [0.15, 0.2) is 0 Å². The van der Waals surface area contributed by atoms with Crippen molar-refractivity contribution in [3.8, 4) is 0 Å². The maximum atomic E-state index is 13.3. The Bertz CT molecular complexity index is 1050. The number of nitrogens with zero attached hydrogens (tertiary/aromatic N) is 4. The number of aromatic nitrogens is 2. The van der Waals surface area contributed by atoms with Crippen molar-refractivity contribution in [1.29, 1.82) is 0 Å². The highest BCUT2D eigenvalue weighted by Crippen LogP contribution is 2.26. The number of hydrogen-bond donors (Lipinski definition) is 2. The van der Waals surface area contributed by atoms with E-state index in [1.54, 1.807) is 51.7 Å². The zero-order valence-electron chi connectivity index (χ0n) is 19.3. The van der Waals surface area contributed by atoms with Crippen molar-refractivity contribution >= 4 is 47.0 Å². The molecule has 2 aromatic rings. The van der Waals surface area contributed by atoms with Gasteiger partial charge in [0.05, 0.1) is 18.4 Å². The smallest absolute Gasteiger partial charge is 0.330 e. The lowest BCUT2D eigenvalue weighted by molar-refractivity contribution is -0.134. The fourth-order valence-electron chi connectivity index (χ4n) is 4.49. The number of imidazole rings is 1. The number of anilines is 1. The summed E-state index contributed by atoms with van der Waals surface area (Å²) in [6, 6.07) is 5.81. The van der Waals surface area contributed by atoms with E-state index in [0.717, 1.165) is 11.4 Å². The van der Waals surface area contributed by atoms with E-state index in [1.165, 1.54) is 0 Å². The van der Waals surface area contributed by atoms with E-state index in [0.29, 0.717) is 55.4 Å². The molecule has 0 bridgehead atoms. The standard InChI is InChI=1S/C23H29ClN6O3S/c1-15-25-13-19-14-29(23(33)30(15)19)18-7-10-28(11-8-18)21(31)20(9-12-34-2)27-22(32)26-17-5-3-16(24)4-6-17/h3-6,13,18,20H,7-12,14H2,1-2H3,(H2,26,27,32)/t20-/m1/s1. The molecule has 9 nitrogen and oxygen atoms in total. The number of urea groups is 1. The number of rotatable bonds is 7. The number of halogens is 1. The summed E-state index contributed by atoms with van der Waals surface area (Å²) in [6.45, 7) is 3.49. The summed E-state index contributed by atoms with van der Waals surface area (Å²) in [5.74, 6) is 1.37. The summed E-state index contributed by atoms with van der Waals surface area (Å²) in [6.07, 6.45) is 5.69. The van der Waals surface area contributed by atoms with Gasteiger partial charge in [-0.2, -0.15) is 11.8 Å². The van der Waals surface area contributed by atoms with Gasteiger partial charge in [0.25, 0.3) is 0 Å². The van der Waals surface area contributed by atoms with Crippen LogP contribution in [0.15, 0.2) is 30.5 Å². The zero-order valence-corrected chi connectivity index (χ0v) is 20.9. The summed E-state index contributed by atoms with van der Waals surface area (Å²) < 4.78 is 1.67. The quantitative estimate of drug-likeness (QED) is 0.600. The molecule has 0 aliphatic carbocycles. The third kappa shape index (κ3) is 5.33. The summed E-state index contributed by atoms with van der Waals surface area (Å²) >= 11 is 7.53. The van der Waals surface area contributed by atoms with Crippen LogP contribution in [0.3, 0.4) is 0 Å². The maximum absolute atomic E-state index is 13.3. The summed E-state index contributed by atoms with van der Waals surface area (Å²) in [7, 11) is 0. The fourth-order valence-corrected chi connectivity index (χ4v) is 5.09. The second kappa shape index (κ2) is 10.7. The fraction of sp³-hybridized carbons (Fsp3) is 0.478. The number of carbonyl (C=O) groups excluding carboxylic acids is 3. The van der Waals surface area contributed by atoms with Crippen LogP contribution in [0.1, 0.15) is 30.8 Å². The lowest BCUT2D eigenvalue weighted by atomic mass is 10.0. The first-order valence-electron chi connectivity index (χ1n) is 11.3. The van der Waals surface area contributed by atoms with Gasteiger partial charge < -0.3 is 20.4 Å². The van der Waals surface area contributed by atoms with Gasteiger partial charge in [-0.1, -0.05) is 11.6 Å². The molecule has 34 heavy (non-hydrogen) atoms. The number of piperidine rings is 1. The molecule has 4 amide bonds. The molecule has 1 atom stereocenters. The van der Waals surface area contributed by atoms with Crippen molar-refractivity contribution in [2.75, 3.05) is 30.4 Å². The molecular formula is C23H29ClN6O3S. The van der Waals surface area contributed by atoms with Gasteiger partial charge >= 0.3 is 12.1 Å². The summed E-state index contributed by atoms with van der Waals surface area (Å²) in [5, 5.41) is 6.18. The van der Waals surface area contributed by atoms with Crippen LogP contribution in [0, 0.1) is 6.92 Å². The number of amides is 4. The maximum Gasteiger partial charge on any atom is 0.330 e. The second-order valence-electron chi connectivity index (χ2n) is 8.54. The molecule has 0 unspecified atom stereocenters. The second-order valence-corrected chi connectivity index (χ2v) is 9.96. The Morgan fingerprint density at radius 2 is 1.94 bits per heavy atom. The topological polar surface area (TPSA) is 99.6 Å². The Morgan fingerprint density at radius 3 is 2.59 bits per heavy atom. The zero-order chi connectivity index (χ0) is 24.2. The molecule has 1 aromatic heterocycles. The SMILES string of the molecule is CSCC[C@@H](NC(=O)Nc1ccc(Cl)cc1)C(=O)N1CCC(N2Cc3cnc(C)n3C2=O)CC1. The van der Waals surface area contributed by atoms with E-state index in [4.69, 9.17) is 11.6 Å². The van der Waals surface area contributed by atoms with Crippen molar-refractivity contribution in [2.45, 2.75) is 44.8 Å². The average Bonchev–Trinajstić information content (AvgIpc) is 3.37. The Kier molecular flexibility index (Phi) is 7.67. The van der Waals surface area contributed by atoms with Crippen LogP contribution >= 0.6 is 23.4 Å². The van der Waals surface area contributed by atoms with Crippen LogP contribution in [0.4, 0.5) is 15.3 Å². The van der Waals surface area contributed by atoms with E-state index >= 15 is 0 Å². The first-order valence-corrected chi connectivity index (χ1v) is 13.1. The van der Waals surface area contributed by atoms with Crippen molar-refractivity contribution in [1.82, 2.24) is 24.7 Å². The normalized spacial score (nSPS) is 17.0. The first-order chi connectivity index (χ1) is 16.4. The van der Waals surface area contributed by atoms with Crippen molar-refractivity contribution in [3.63, 3.8) is 0 Å². The molecule has 2 aliphatic rings. The molecule has 2 N–H and O–H groups in total.